The first-order valence-corrected chi connectivity index (χ1v) is 8.72. The lowest BCUT2D eigenvalue weighted by molar-refractivity contribution is 0.147. The zero-order chi connectivity index (χ0) is 17.2. The molecule has 2 heterocycles. The molecular formula is C19H27N3O2. The summed E-state index contributed by atoms with van der Waals surface area (Å²) in [6.07, 6.45) is 2.67. The highest BCUT2D eigenvalue weighted by Gasteiger charge is 2.23. The van der Waals surface area contributed by atoms with E-state index >= 15 is 0 Å². The highest BCUT2D eigenvalue weighted by molar-refractivity contribution is 5.85. The van der Waals surface area contributed by atoms with Crippen molar-refractivity contribution in [3.05, 3.63) is 35.5 Å². The van der Waals surface area contributed by atoms with Crippen LogP contribution < -0.4 is 5.32 Å². The van der Waals surface area contributed by atoms with Gasteiger partial charge in [-0.3, -0.25) is 0 Å². The van der Waals surface area contributed by atoms with E-state index in [2.05, 4.69) is 28.5 Å². The fraction of sp³-hybridized carbons (Fsp3) is 0.526. The monoisotopic (exact) mass is 329 g/mol. The van der Waals surface area contributed by atoms with Crippen molar-refractivity contribution in [3.63, 3.8) is 0 Å². The van der Waals surface area contributed by atoms with Crippen LogP contribution in [0.5, 0.6) is 0 Å². The summed E-state index contributed by atoms with van der Waals surface area (Å²) >= 11 is 0. The van der Waals surface area contributed by atoms with E-state index in [9.17, 15) is 9.90 Å². The quantitative estimate of drug-likeness (QED) is 0.738. The molecule has 5 heteroatoms. The van der Waals surface area contributed by atoms with Crippen molar-refractivity contribution in [2.24, 2.45) is 5.41 Å². The molecule has 2 aromatic rings. The fourth-order valence-corrected chi connectivity index (χ4v) is 3.32. The molecule has 0 bridgehead atoms. The predicted molar refractivity (Wildman–Crippen MR) is 95.9 cm³/mol. The van der Waals surface area contributed by atoms with Gasteiger partial charge in [-0.05, 0) is 36.3 Å². The number of rotatable bonds is 5. The summed E-state index contributed by atoms with van der Waals surface area (Å²) in [5, 5.41) is 13.5. The number of aliphatic hydroxyl groups is 1. The van der Waals surface area contributed by atoms with Gasteiger partial charge in [0.05, 0.1) is 6.54 Å². The second kappa shape index (κ2) is 6.85. The lowest BCUT2D eigenvalue weighted by Crippen LogP contribution is -2.43. The van der Waals surface area contributed by atoms with Gasteiger partial charge in [0.1, 0.15) is 0 Å². The van der Waals surface area contributed by atoms with Crippen LogP contribution in [0, 0.1) is 5.41 Å². The third-order valence-corrected chi connectivity index (χ3v) is 4.90. The number of aliphatic hydroxyl groups excluding tert-OH is 1. The minimum Gasteiger partial charge on any atom is -0.396 e. The molecule has 0 unspecified atom stereocenters. The van der Waals surface area contributed by atoms with E-state index in [0.717, 1.165) is 37.0 Å². The van der Waals surface area contributed by atoms with Crippen LogP contribution in [0.1, 0.15) is 37.9 Å². The molecule has 1 aromatic heterocycles. The van der Waals surface area contributed by atoms with Crippen LogP contribution in [0.15, 0.2) is 24.3 Å². The molecule has 0 saturated heterocycles. The number of nitrogens with zero attached hydrogens (tertiary/aromatic N) is 1. The molecule has 1 aliphatic rings. The number of carbonyl (C=O) groups excluding carboxylic acids is 1. The van der Waals surface area contributed by atoms with Crippen LogP contribution in [-0.2, 0) is 13.0 Å². The average molecular weight is 329 g/mol. The molecule has 2 amide bonds. The van der Waals surface area contributed by atoms with Crippen molar-refractivity contribution in [1.82, 2.24) is 15.2 Å². The number of hydrogen-bond acceptors (Lipinski definition) is 2. The number of benzene rings is 1. The van der Waals surface area contributed by atoms with Crippen LogP contribution in [0.4, 0.5) is 4.79 Å². The van der Waals surface area contributed by atoms with Gasteiger partial charge in [0.15, 0.2) is 0 Å². The number of para-hydroxylation sites is 1. The first-order chi connectivity index (χ1) is 11.5. The van der Waals surface area contributed by atoms with Crippen LogP contribution >= 0.6 is 0 Å². The largest absolute Gasteiger partial charge is 0.396 e. The summed E-state index contributed by atoms with van der Waals surface area (Å²) in [6.45, 7) is 6.29. The molecule has 1 aromatic carbocycles. The van der Waals surface area contributed by atoms with Gasteiger partial charge in [-0.15, -0.1) is 0 Å². The number of carbonyl (C=O) groups is 1. The number of amides is 2. The van der Waals surface area contributed by atoms with E-state index < -0.39 is 0 Å². The number of nitrogens with one attached hydrogen (secondary N) is 2. The van der Waals surface area contributed by atoms with Crippen LogP contribution in [0.3, 0.4) is 0 Å². The zero-order valence-corrected chi connectivity index (χ0v) is 14.6. The fourth-order valence-electron chi connectivity index (χ4n) is 3.32. The summed E-state index contributed by atoms with van der Waals surface area (Å²) in [4.78, 5) is 17.7. The first-order valence-electron chi connectivity index (χ1n) is 8.72. The Hall–Kier alpha value is -2.01. The van der Waals surface area contributed by atoms with Gasteiger partial charge >= 0.3 is 6.03 Å². The number of aromatic amines is 1. The van der Waals surface area contributed by atoms with E-state index in [1.165, 1.54) is 10.9 Å². The van der Waals surface area contributed by atoms with Crippen molar-refractivity contribution in [3.8, 4) is 0 Å². The highest BCUT2D eigenvalue weighted by Crippen LogP contribution is 2.27. The van der Waals surface area contributed by atoms with Crippen molar-refractivity contribution in [2.75, 3.05) is 19.7 Å². The van der Waals surface area contributed by atoms with E-state index in [-0.39, 0.29) is 18.1 Å². The Morgan fingerprint density at radius 3 is 2.96 bits per heavy atom. The van der Waals surface area contributed by atoms with E-state index in [1.54, 1.807) is 0 Å². The first kappa shape index (κ1) is 16.8. The van der Waals surface area contributed by atoms with Crippen LogP contribution in [-0.4, -0.2) is 40.7 Å². The number of H-pyrrole nitrogens is 1. The average Bonchev–Trinajstić information content (AvgIpc) is 2.96. The minimum absolute atomic E-state index is 0.00103. The minimum atomic E-state index is -0.0743. The Balaban J connectivity index is 1.54. The Kier molecular flexibility index (Phi) is 4.81. The number of fused-ring (bicyclic) bond motifs is 3. The SMILES string of the molecule is CC(C)(CO)CCCNC(=O)N1CCc2c([nH]c3ccccc23)C1. The second-order valence-electron chi connectivity index (χ2n) is 7.46. The summed E-state index contributed by atoms with van der Waals surface area (Å²) in [5.74, 6) is 0. The third-order valence-electron chi connectivity index (χ3n) is 4.90. The summed E-state index contributed by atoms with van der Waals surface area (Å²) in [6, 6.07) is 8.32. The molecule has 0 atom stereocenters. The van der Waals surface area contributed by atoms with Gasteiger partial charge < -0.3 is 20.3 Å². The highest BCUT2D eigenvalue weighted by atomic mass is 16.3. The maximum absolute atomic E-state index is 12.4. The van der Waals surface area contributed by atoms with Gasteiger partial charge in [0.25, 0.3) is 0 Å². The molecule has 0 spiro atoms. The predicted octanol–water partition coefficient (Wildman–Crippen LogP) is 3.03. The van der Waals surface area contributed by atoms with Crippen molar-refractivity contribution in [2.45, 2.75) is 39.7 Å². The molecule has 1 aliphatic heterocycles. The third kappa shape index (κ3) is 3.56. The van der Waals surface area contributed by atoms with E-state index in [4.69, 9.17) is 0 Å². The molecule has 5 nitrogen and oxygen atoms in total. The second-order valence-corrected chi connectivity index (χ2v) is 7.46. The Morgan fingerprint density at radius 1 is 1.38 bits per heavy atom. The van der Waals surface area contributed by atoms with Gasteiger partial charge in [0.2, 0.25) is 0 Å². The van der Waals surface area contributed by atoms with Gasteiger partial charge in [0, 0.05) is 36.3 Å². The van der Waals surface area contributed by atoms with Gasteiger partial charge in [-0.1, -0.05) is 32.0 Å². The molecule has 3 rings (SSSR count). The normalized spacial score (nSPS) is 14.7. The number of aromatic nitrogens is 1. The summed E-state index contributed by atoms with van der Waals surface area (Å²) in [5.41, 5.74) is 3.57. The molecular weight excluding hydrogens is 302 g/mol. The lowest BCUT2D eigenvalue weighted by Gasteiger charge is -2.27. The molecule has 0 aliphatic carbocycles. The molecule has 0 fully saturated rings. The standard InChI is InChI=1S/C19H27N3O2/c1-19(2,13-23)9-5-10-20-18(24)22-11-8-15-14-6-3-4-7-16(14)21-17(15)12-22/h3-4,6-7,21,23H,5,8-13H2,1-2H3,(H,20,24). The molecule has 130 valence electrons. The number of hydrogen-bond donors (Lipinski definition) is 3. The number of urea groups is 1. The summed E-state index contributed by atoms with van der Waals surface area (Å²) < 4.78 is 0. The molecule has 0 saturated carbocycles. The molecule has 0 radical (unpaired) electrons. The van der Waals surface area contributed by atoms with Crippen molar-refractivity contribution >= 4 is 16.9 Å². The van der Waals surface area contributed by atoms with Crippen molar-refractivity contribution in [1.29, 1.82) is 0 Å². The van der Waals surface area contributed by atoms with Crippen LogP contribution in [0.2, 0.25) is 0 Å². The smallest absolute Gasteiger partial charge is 0.317 e. The Labute approximate surface area is 143 Å². The van der Waals surface area contributed by atoms with E-state index in [1.807, 2.05) is 24.8 Å². The maximum atomic E-state index is 12.4. The van der Waals surface area contributed by atoms with Gasteiger partial charge in [-0.2, -0.15) is 0 Å². The van der Waals surface area contributed by atoms with Crippen molar-refractivity contribution < 1.29 is 9.90 Å². The van der Waals surface area contributed by atoms with Crippen LogP contribution in [0.25, 0.3) is 10.9 Å². The zero-order valence-electron chi connectivity index (χ0n) is 14.6. The topological polar surface area (TPSA) is 68.4 Å². The Morgan fingerprint density at radius 2 is 2.17 bits per heavy atom. The summed E-state index contributed by atoms with van der Waals surface area (Å²) in [7, 11) is 0. The lowest BCUT2D eigenvalue weighted by atomic mass is 9.89. The van der Waals surface area contributed by atoms with Gasteiger partial charge in [-0.25, -0.2) is 4.79 Å². The Bertz CT molecular complexity index is 720. The molecule has 3 N–H and O–H groups in total. The van der Waals surface area contributed by atoms with E-state index in [0.29, 0.717) is 13.1 Å². The maximum Gasteiger partial charge on any atom is 0.317 e. The molecule has 24 heavy (non-hydrogen) atoms.